The standard InChI is InChI=1S/C19H27N3O5/c1-19(2,3)27-18(25)22(12-15-10-7-11-20-16(15)23)21-17(24)26-13-14-8-5-4-6-9-14/h4-6,8-9,15H,7,10-13H2,1-3H3,(H,20,23)(H,21,24)/t15-/m0/s1. The van der Waals surface area contributed by atoms with Gasteiger partial charge in [0.25, 0.3) is 0 Å². The van der Waals surface area contributed by atoms with E-state index in [1.807, 2.05) is 30.3 Å². The van der Waals surface area contributed by atoms with Gasteiger partial charge in [-0.1, -0.05) is 30.3 Å². The normalized spacial score (nSPS) is 16.9. The van der Waals surface area contributed by atoms with Crippen LogP contribution in [0.3, 0.4) is 0 Å². The number of amides is 3. The molecule has 8 heteroatoms. The molecule has 0 unspecified atom stereocenters. The number of rotatable bonds is 4. The maximum atomic E-state index is 12.5. The third-order valence-electron chi connectivity index (χ3n) is 3.86. The monoisotopic (exact) mass is 377 g/mol. The molecule has 0 saturated carbocycles. The smallest absolute Gasteiger partial charge is 0.429 e. The van der Waals surface area contributed by atoms with E-state index in [-0.39, 0.29) is 19.1 Å². The Bertz CT molecular complexity index is 657. The second-order valence-electron chi connectivity index (χ2n) is 7.39. The minimum Gasteiger partial charge on any atom is -0.443 e. The van der Waals surface area contributed by atoms with Crippen molar-refractivity contribution in [2.75, 3.05) is 13.1 Å². The summed E-state index contributed by atoms with van der Waals surface area (Å²) >= 11 is 0. The van der Waals surface area contributed by atoms with Crippen LogP contribution < -0.4 is 10.7 Å². The molecule has 1 atom stereocenters. The van der Waals surface area contributed by atoms with E-state index in [1.54, 1.807) is 20.8 Å². The molecule has 2 rings (SSSR count). The lowest BCUT2D eigenvalue weighted by atomic mass is 9.98. The van der Waals surface area contributed by atoms with Gasteiger partial charge < -0.3 is 14.8 Å². The van der Waals surface area contributed by atoms with Crippen LogP contribution in [0, 0.1) is 5.92 Å². The van der Waals surface area contributed by atoms with Crippen molar-refractivity contribution in [1.82, 2.24) is 15.8 Å². The zero-order valence-electron chi connectivity index (χ0n) is 16.0. The van der Waals surface area contributed by atoms with Crippen molar-refractivity contribution < 1.29 is 23.9 Å². The minimum absolute atomic E-state index is 0.0151. The molecule has 0 bridgehead atoms. The highest BCUT2D eigenvalue weighted by molar-refractivity contribution is 5.80. The maximum Gasteiger partial charge on any atom is 0.429 e. The molecule has 8 nitrogen and oxygen atoms in total. The molecule has 0 spiro atoms. The maximum absolute atomic E-state index is 12.5. The number of nitrogens with one attached hydrogen (secondary N) is 2. The predicted octanol–water partition coefficient (Wildman–Crippen LogP) is 2.59. The van der Waals surface area contributed by atoms with Crippen molar-refractivity contribution in [3.8, 4) is 0 Å². The van der Waals surface area contributed by atoms with Crippen LogP contribution in [0.2, 0.25) is 0 Å². The number of nitrogens with zero attached hydrogens (tertiary/aromatic N) is 1. The molecule has 2 N–H and O–H groups in total. The van der Waals surface area contributed by atoms with Crippen molar-refractivity contribution in [3.63, 3.8) is 0 Å². The van der Waals surface area contributed by atoms with Gasteiger partial charge in [-0.15, -0.1) is 0 Å². The molecule has 1 heterocycles. The second kappa shape index (κ2) is 9.25. The Morgan fingerprint density at radius 1 is 1.26 bits per heavy atom. The highest BCUT2D eigenvalue weighted by atomic mass is 16.6. The molecule has 3 amide bonds. The summed E-state index contributed by atoms with van der Waals surface area (Å²) in [5.41, 5.74) is 2.48. The van der Waals surface area contributed by atoms with Crippen LogP contribution in [0.5, 0.6) is 0 Å². The summed E-state index contributed by atoms with van der Waals surface area (Å²) in [6.45, 7) is 5.88. The van der Waals surface area contributed by atoms with Gasteiger partial charge in [0.15, 0.2) is 0 Å². The minimum atomic E-state index is -0.791. The summed E-state index contributed by atoms with van der Waals surface area (Å²) in [4.78, 5) is 36.6. The number of hydrazine groups is 1. The van der Waals surface area contributed by atoms with Gasteiger partial charge in [-0.3, -0.25) is 4.79 Å². The quantitative estimate of drug-likeness (QED) is 0.786. The van der Waals surface area contributed by atoms with Gasteiger partial charge in [-0.05, 0) is 39.2 Å². The molecule has 0 radical (unpaired) electrons. The summed E-state index contributed by atoms with van der Waals surface area (Å²) in [5, 5.41) is 3.77. The topological polar surface area (TPSA) is 97.0 Å². The molecule has 1 fully saturated rings. The molecule has 1 aliphatic heterocycles. The van der Waals surface area contributed by atoms with Crippen molar-refractivity contribution >= 4 is 18.1 Å². The zero-order chi connectivity index (χ0) is 19.9. The van der Waals surface area contributed by atoms with Crippen LogP contribution in [0.25, 0.3) is 0 Å². The average molecular weight is 377 g/mol. The largest absolute Gasteiger partial charge is 0.443 e. The van der Waals surface area contributed by atoms with E-state index < -0.39 is 23.7 Å². The highest BCUT2D eigenvalue weighted by Crippen LogP contribution is 2.15. The van der Waals surface area contributed by atoms with Crippen LogP contribution in [-0.2, 0) is 20.9 Å². The lowest BCUT2D eigenvalue weighted by Gasteiger charge is -2.31. The summed E-state index contributed by atoms with van der Waals surface area (Å²) in [6.07, 6.45) is -0.0819. The van der Waals surface area contributed by atoms with E-state index in [4.69, 9.17) is 9.47 Å². The molecular formula is C19H27N3O5. The third kappa shape index (κ3) is 7.16. The van der Waals surface area contributed by atoms with Crippen molar-refractivity contribution in [1.29, 1.82) is 0 Å². The van der Waals surface area contributed by atoms with E-state index in [2.05, 4.69) is 10.7 Å². The molecule has 27 heavy (non-hydrogen) atoms. The van der Waals surface area contributed by atoms with Gasteiger partial charge in [0, 0.05) is 6.54 Å². The molecule has 1 aromatic rings. The van der Waals surface area contributed by atoms with Gasteiger partial charge in [0.05, 0.1) is 12.5 Å². The summed E-state index contributed by atoms with van der Waals surface area (Å²) in [5.74, 6) is -0.560. The molecule has 1 saturated heterocycles. The molecule has 0 aromatic heterocycles. The van der Waals surface area contributed by atoms with E-state index in [0.717, 1.165) is 17.0 Å². The Kier molecular flexibility index (Phi) is 7.04. The van der Waals surface area contributed by atoms with Crippen molar-refractivity contribution in [2.24, 2.45) is 5.92 Å². The summed E-state index contributed by atoms with van der Waals surface area (Å²) < 4.78 is 10.5. The molecule has 148 valence electrons. The lowest BCUT2D eigenvalue weighted by molar-refractivity contribution is -0.127. The SMILES string of the molecule is CC(C)(C)OC(=O)N(C[C@@H]1CCCNC1=O)NC(=O)OCc1ccccc1. The van der Waals surface area contributed by atoms with E-state index in [1.165, 1.54) is 0 Å². The number of hydrogen-bond acceptors (Lipinski definition) is 5. The fourth-order valence-corrected chi connectivity index (χ4v) is 2.58. The molecule has 1 aromatic carbocycles. The first kappa shape index (κ1) is 20.5. The van der Waals surface area contributed by atoms with Crippen LogP contribution in [0.1, 0.15) is 39.2 Å². The van der Waals surface area contributed by atoms with Gasteiger partial charge in [0.2, 0.25) is 5.91 Å². The number of hydrogen-bond donors (Lipinski definition) is 2. The average Bonchev–Trinajstić information content (AvgIpc) is 2.60. The Balaban J connectivity index is 1.98. The van der Waals surface area contributed by atoms with Gasteiger partial charge in [-0.25, -0.2) is 20.0 Å². The van der Waals surface area contributed by atoms with Crippen LogP contribution in [0.4, 0.5) is 9.59 Å². The van der Waals surface area contributed by atoms with E-state index in [0.29, 0.717) is 13.0 Å². The highest BCUT2D eigenvalue weighted by Gasteiger charge is 2.30. The Labute approximate surface area is 159 Å². The van der Waals surface area contributed by atoms with Gasteiger partial charge >= 0.3 is 12.2 Å². The molecule has 1 aliphatic rings. The Morgan fingerprint density at radius 2 is 1.96 bits per heavy atom. The molecule has 0 aliphatic carbocycles. The third-order valence-corrected chi connectivity index (χ3v) is 3.86. The fraction of sp³-hybridized carbons (Fsp3) is 0.526. The number of carbonyl (C=O) groups is 3. The zero-order valence-corrected chi connectivity index (χ0v) is 16.0. The van der Waals surface area contributed by atoms with Crippen LogP contribution >= 0.6 is 0 Å². The number of benzene rings is 1. The van der Waals surface area contributed by atoms with Gasteiger partial charge in [0.1, 0.15) is 12.2 Å². The number of ether oxygens (including phenoxy) is 2. The number of piperidine rings is 1. The van der Waals surface area contributed by atoms with E-state index >= 15 is 0 Å². The lowest BCUT2D eigenvalue weighted by Crippen LogP contribution is -2.53. The van der Waals surface area contributed by atoms with Crippen LogP contribution in [0.15, 0.2) is 30.3 Å². The van der Waals surface area contributed by atoms with Gasteiger partial charge in [-0.2, -0.15) is 0 Å². The summed E-state index contributed by atoms with van der Waals surface area (Å²) in [7, 11) is 0. The number of carbonyl (C=O) groups excluding carboxylic acids is 3. The first-order valence-electron chi connectivity index (χ1n) is 9.00. The summed E-state index contributed by atoms with van der Waals surface area (Å²) in [6, 6.07) is 9.19. The van der Waals surface area contributed by atoms with Crippen LogP contribution in [-0.4, -0.2) is 41.8 Å². The predicted molar refractivity (Wildman–Crippen MR) is 98.4 cm³/mol. The first-order chi connectivity index (χ1) is 12.7. The molecular weight excluding hydrogens is 350 g/mol. The van der Waals surface area contributed by atoms with Crippen molar-refractivity contribution in [2.45, 2.75) is 45.8 Å². The fourth-order valence-electron chi connectivity index (χ4n) is 2.58. The second-order valence-corrected chi connectivity index (χ2v) is 7.39. The first-order valence-corrected chi connectivity index (χ1v) is 9.00. The Hall–Kier alpha value is -2.77. The van der Waals surface area contributed by atoms with Crippen molar-refractivity contribution in [3.05, 3.63) is 35.9 Å². The van der Waals surface area contributed by atoms with E-state index in [9.17, 15) is 14.4 Å². The Morgan fingerprint density at radius 3 is 2.59 bits per heavy atom.